The van der Waals surface area contributed by atoms with E-state index in [1.54, 1.807) is 38.4 Å². The molecule has 0 fully saturated rings. The van der Waals surface area contributed by atoms with Crippen LogP contribution in [0.3, 0.4) is 0 Å². The van der Waals surface area contributed by atoms with Gasteiger partial charge >= 0.3 is 0 Å². The Bertz CT molecular complexity index is 1340. The molecule has 4 aromatic rings. The van der Waals surface area contributed by atoms with E-state index in [1.165, 1.54) is 5.56 Å². The molecule has 0 N–H and O–H groups in total. The number of amides is 1. The van der Waals surface area contributed by atoms with Crippen molar-refractivity contribution in [1.29, 1.82) is 0 Å². The highest BCUT2D eigenvalue weighted by Crippen LogP contribution is 2.37. The molecule has 0 atom stereocenters. The number of methoxy groups -OCH3 is 2. The number of hydrogen-bond acceptors (Lipinski definition) is 5. The first-order chi connectivity index (χ1) is 16.7. The van der Waals surface area contributed by atoms with Crippen molar-refractivity contribution in [2.75, 3.05) is 26.2 Å². The fourth-order valence-corrected chi connectivity index (χ4v) is 3.82. The summed E-state index contributed by atoms with van der Waals surface area (Å²) in [6, 6.07) is 20.7. The van der Waals surface area contributed by atoms with Gasteiger partial charge in [0.2, 0.25) is 0 Å². The van der Waals surface area contributed by atoms with Crippen molar-refractivity contribution in [3.05, 3.63) is 84.1 Å². The molecule has 0 unspecified atom stereocenters. The average Bonchev–Trinajstić information content (AvgIpc) is 2.87. The second kappa shape index (κ2) is 9.66. The summed E-state index contributed by atoms with van der Waals surface area (Å²) < 4.78 is 16.9. The van der Waals surface area contributed by atoms with Gasteiger partial charge in [-0.2, -0.15) is 0 Å². The lowest BCUT2D eigenvalue weighted by Gasteiger charge is -2.21. The first-order valence-electron chi connectivity index (χ1n) is 11.4. The molecule has 0 radical (unpaired) electrons. The van der Waals surface area contributed by atoms with Gasteiger partial charge in [-0.15, -0.1) is 0 Å². The van der Waals surface area contributed by atoms with E-state index in [4.69, 9.17) is 14.2 Å². The van der Waals surface area contributed by atoms with Crippen molar-refractivity contribution in [1.82, 2.24) is 4.98 Å². The minimum Gasteiger partial charge on any atom is -0.493 e. The molecule has 0 aliphatic rings. The number of carbonyl (C=O) groups excluding carboxylic acids is 1. The Morgan fingerprint density at radius 2 is 1.46 bits per heavy atom. The van der Waals surface area contributed by atoms with E-state index in [-0.39, 0.29) is 11.3 Å². The zero-order valence-corrected chi connectivity index (χ0v) is 21.0. The molecule has 1 amide bonds. The zero-order chi connectivity index (χ0) is 25.2. The standard InChI is InChI=1S/C29H30N2O4/c1-29(2,3)20-9-7-19(8-10-20)28(32)31(4)21-11-13-22(14-12-21)35-25-15-16-30-24-18-27(34-6)26(33-5)17-23(24)25/h7-18H,1-6H3. The summed E-state index contributed by atoms with van der Waals surface area (Å²) in [5.41, 5.74) is 3.39. The van der Waals surface area contributed by atoms with E-state index >= 15 is 0 Å². The quantitative estimate of drug-likeness (QED) is 0.317. The highest BCUT2D eigenvalue weighted by molar-refractivity contribution is 6.05. The molecule has 0 spiro atoms. The minimum absolute atomic E-state index is 0.0423. The van der Waals surface area contributed by atoms with Crippen molar-refractivity contribution in [3.8, 4) is 23.0 Å². The van der Waals surface area contributed by atoms with Crippen molar-refractivity contribution < 1.29 is 19.0 Å². The predicted octanol–water partition coefficient (Wildman–Crippen LogP) is 6.62. The van der Waals surface area contributed by atoms with Gasteiger partial charge < -0.3 is 19.1 Å². The molecule has 0 aliphatic heterocycles. The lowest BCUT2D eigenvalue weighted by Crippen LogP contribution is -2.26. The smallest absolute Gasteiger partial charge is 0.258 e. The molecule has 0 saturated carbocycles. The van der Waals surface area contributed by atoms with Crippen LogP contribution in [0.2, 0.25) is 0 Å². The molecule has 35 heavy (non-hydrogen) atoms. The van der Waals surface area contributed by atoms with Gasteiger partial charge in [0.1, 0.15) is 11.5 Å². The van der Waals surface area contributed by atoms with Crippen LogP contribution in [-0.4, -0.2) is 32.2 Å². The van der Waals surface area contributed by atoms with E-state index in [0.717, 1.165) is 16.6 Å². The molecule has 0 bridgehead atoms. The Balaban J connectivity index is 1.53. The van der Waals surface area contributed by atoms with E-state index < -0.39 is 0 Å². The van der Waals surface area contributed by atoms with E-state index in [9.17, 15) is 4.79 Å². The summed E-state index contributed by atoms with van der Waals surface area (Å²) in [7, 11) is 4.95. The molecule has 3 aromatic carbocycles. The predicted molar refractivity (Wildman–Crippen MR) is 139 cm³/mol. The number of carbonyl (C=O) groups is 1. The third-order valence-corrected chi connectivity index (χ3v) is 5.96. The van der Waals surface area contributed by atoms with Gasteiger partial charge in [0.05, 0.1) is 19.7 Å². The number of aromatic nitrogens is 1. The molecule has 6 heteroatoms. The molecule has 0 aliphatic carbocycles. The van der Waals surface area contributed by atoms with Gasteiger partial charge in [0, 0.05) is 35.9 Å². The van der Waals surface area contributed by atoms with Crippen LogP contribution in [-0.2, 0) is 5.41 Å². The maximum Gasteiger partial charge on any atom is 0.258 e. The third kappa shape index (κ3) is 5.06. The Labute approximate surface area is 206 Å². The highest BCUT2D eigenvalue weighted by atomic mass is 16.5. The number of nitrogens with zero attached hydrogens (tertiary/aromatic N) is 2. The van der Waals surface area contributed by atoms with Gasteiger partial charge in [-0.1, -0.05) is 32.9 Å². The van der Waals surface area contributed by atoms with Crippen LogP contribution in [0.25, 0.3) is 10.9 Å². The maximum atomic E-state index is 13.0. The number of rotatable bonds is 6. The summed E-state index contributed by atoms with van der Waals surface area (Å²) in [5, 5.41) is 0.806. The number of ether oxygens (including phenoxy) is 3. The zero-order valence-electron chi connectivity index (χ0n) is 21.0. The molecule has 1 heterocycles. The van der Waals surface area contributed by atoms with E-state index in [2.05, 4.69) is 25.8 Å². The first kappa shape index (κ1) is 24.1. The van der Waals surface area contributed by atoms with Gasteiger partial charge in [0.25, 0.3) is 5.91 Å². The minimum atomic E-state index is -0.0692. The number of pyridine rings is 1. The molecular weight excluding hydrogens is 440 g/mol. The SMILES string of the molecule is COc1cc2nccc(Oc3ccc(N(C)C(=O)c4ccc(C(C)(C)C)cc4)cc3)c2cc1OC. The van der Waals surface area contributed by atoms with Crippen molar-refractivity contribution in [3.63, 3.8) is 0 Å². The van der Waals surface area contributed by atoms with Gasteiger partial charge in [-0.05, 0) is 59.5 Å². The van der Waals surface area contributed by atoms with Crippen LogP contribution < -0.4 is 19.1 Å². The number of hydrogen-bond donors (Lipinski definition) is 0. The van der Waals surface area contributed by atoms with Crippen LogP contribution in [0.1, 0.15) is 36.7 Å². The van der Waals surface area contributed by atoms with Crippen molar-refractivity contribution in [2.45, 2.75) is 26.2 Å². The Hall–Kier alpha value is -4.06. The number of fused-ring (bicyclic) bond motifs is 1. The maximum absolute atomic E-state index is 13.0. The average molecular weight is 471 g/mol. The van der Waals surface area contributed by atoms with Gasteiger partial charge in [-0.25, -0.2) is 0 Å². The van der Waals surface area contributed by atoms with Crippen molar-refractivity contribution in [2.24, 2.45) is 0 Å². The highest BCUT2D eigenvalue weighted by Gasteiger charge is 2.17. The molecule has 1 aromatic heterocycles. The summed E-state index contributed by atoms with van der Waals surface area (Å²) in [4.78, 5) is 19.1. The molecule has 0 saturated heterocycles. The van der Waals surface area contributed by atoms with Gasteiger partial charge in [-0.3, -0.25) is 9.78 Å². The Morgan fingerprint density at radius 1 is 0.829 bits per heavy atom. The Morgan fingerprint density at radius 3 is 2.06 bits per heavy atom. The van der Waals surface area contributed by atoms with E-state index in [1.807, 2.05) is 60.7 Å². The third-order valence-electron chi connectivity index (χ3n) is 5.96. The topological polar surface area (TPSA) is 60.9 Å². The normalized spacial score (nSPS) is 11.3. The van der Waals surface area contributed by atoms with Gasteiger partial charge in [0.15, 0.2) is 11.5 Å². The molecule has 180 valence electrons. The number of anilines is 1. The second-order valence-electron chi connectivity index (χ2n) is 9.32. The van der Waals surface area contributed by atoms with Crippen LogP contribution in [0.15, 0.2) is 72.9 Å². The lowest BCUT2D eigenvalue weighted by atomic mass is 9.86. The summed E-state index contributed by atoms with van der Waals surface area (Å²) in [6.45, 7) is 6.46. The fraction of sp³-hybridized carbons (Fsp3) is 0.241. The fourth-order valence-electron chi connectivity index (χ4n) is 3.82. The first-order valence-corrected chi connectivity index (χ1v) is 11.4. The van der Waals surface area contributed by atoms with Crippen LogP contribution in [0, 0.1) is 0 Å². The van der Waals surface area contributed by atoms with Crippen molar-refractivity contribution >= 4 is 22.5 Å². The molecule has 6 nitrogen and oxygen atoms in total. The monoisotopic (exact) mass is 470 g/mol. The molecule has 4 rings (SSSR count). The number of benzene rings is 3. The molecular formula is C29H30N2O4. The van der Waals surface area contributed by atoms with E-state index in [0.29, 0.717) is 28.6 Å². The largest absolute Gasteiger partial charge is 0.493 e. The second-order valence-corrected chi connectivity index (χ2v) is 9.32. The summed E-state index contributed by atoms with van der Waals surface area (Å²) in [6.07, 6.45) is 1.69. The van der Waals surface area contributed by atoms with Crippen LogP contribution in [0.5, 0.6) is 23.0 Å². The van der Waals surface area contributed by atoms with Crippen LogP contribution in [0.4, 0.5) is 5.69 Å². The summed E-state index contributed by atoms with van der Waals surface area (Å²) >= 11 is 0. The summed E-state index contributed by atoms with van der Waals surface area (Å²) in [5.74, 6) is 2.43. The van der Waals surface area contributed by atoms with Crippen LogP contribution >= 0.6 is 0 Å². The Kier molecular flexibility index (Phi) is 6.65. The lowest BCUT2D eigenvalue weighted by molar-refractivity contribution is 0.0993.